The highest BCUT2D eigenvalue weighted by Crippen LogP contribution is 2.44. The summed E-state index contributed by atoms with van der Waals surface area (Å²) in [6, 6.07) is 27.5. The van der Waals surface area contributed by atoms with Crippen LogP contribution in [0.15, 0.2) is 72.8 Å². The molecule has 0 N–H and O–H groups in total. The van der Waals surface area contributed by atoms with Crippen molar-refractivity contribution < 1.29 is 0 Å². The number of rotatable bonds is 0. The Balaban J connectivity index is 1.52. The molecule has 0 aliphatic heterocycles. The molecule has 0 saturated heterocycles. The Hall–Kier alpha value is -2.90. The summed E-state index contributed by atoms with van der Waals surface area (Å²) in [5.74, 6) is 0. The molecule has 1 aromatic heterocycles. The molecule has 29 heavy (non-hydrogen) atoms. The van der Waals surface area contributed by atoms with Gasteiger partial charge in [0.2, 0.25) is 0 Å². The summed E-state index contributed by atoms with van der Waals surface area (Å²) in [6.45, 7) is 0. The summed E-state index contributed by atoms with van der Waals surface area (Å²) >= 11 is 1.97. The number of hydrogen-bond acceptors (Lipinski definition) is 1. The summed E-state index contributed by atoms with van der Waals surface area (Å²) < 4.78 is 2.90. The Morgan fingerprint density at radius 1 is 0.414 bits per heavy atom. The third kappa shape index (κ3) is 2.25. The van der Waals surface area contributed by atoms with Crippen molar-refractivity contribution in [2.75, 3.05) is 0 Å². The Morgan fingerprint density at radius 2 is 0.828 bits per heavy atom. The zero-order valence-electron chi connectivity index (χ0n) is 16.2. The molecule has 0 bridgehead atoms. The summed E-state index contributed by atoms with van der Waals surface area (Å²) in [5, 5.41) is 3.07. The van der Waals surface area contributed by atoms with E-state index in [-0.39, 0.29) is 0 Å². The Labute approximate surface area is 174 Å². The third-order valence-corrected chi connectivity index (χ3v) is 8.07. The second-order valence-electron chi connectivity index (χ2n) is 8.50. The van der Waals surface area contributed by atoms with Crippen LogP contribution in [0.1, 0.15) is 44.5 Å². The summed E-state index contributed by atoms with van der Waals surface area (Å²) in [4.78, 5) is 0. The van der Waals surface area contributed by atoms with Crippen molar-refractivity contribution in [2.45, 2.75) is 25.7 Å². The normalized spacial score (nSPS) is 14.3. The highest BCUT2D eigenvalue weighted by Gasteiger charge is 2.24. The minimum atomic E-state index is 1.06. The van der Waals surface area contributed by atoms with Gasteiger partial charge in [0.15, 0.2) is 0 Å². The van der Waals surface area contributed by atoms with E-state index in [1.54, 1.807) is 11.1 Å². The zero-order chi connectivity index (χ0) is 18.9. The molecular weight excluding hydrogens is 368 g/mol. The maximum atomic E-state index is 2.38. The lowest BCUT2D eigenvalue weighted by atomic mass is 9.81. The minimum absolute atomic E-state index is 1.06. The van der Waals surface area contributed by atoms with Crippen LogP contribution in [0.5, 0.6) is 0 Å². The fraction of sp³-hybridized carbons (Fsp3) is 0.143. The van der Waals surface area contributed by atoms with E-state index in [0.717, 1.165) is 25.7 Å². The molecule has 1 heterocycles. The lowest BCUT2D eigenvalue weighted by Crippen LogP contribution is -2.09. The van der Waals surface area contributed by atoms with Crippen molar-refractivity contribution in [2.24, 2.45) is 0 Å². The van der Waals surface area contributed by atoms with Crippen LogP contribution in [-0.2, 0) is 25.7 Å². The van der Waals surface area contributed by atoms with Crippen LogP contribution in [0.2, 0.25) is 0 Å². The first-order chi connectivity index (χ1) is 14.3. The van der Waals surface area contributed by atoms with Crippen molar-refractivity contribution in [3.63, 3.8) is 0 Å². The number of hydrogen-bond donors (Lipinski definition) is 0. The van der Waals surface area contributed by atoms with Gasteiger partial charge in [-0.15, -0.1) is 11.3 Å². The van der Waals surface area contributed by atoms with Crippen LogP contribution >= 0.6 is 11.3 Å². The fourth-order valence-corrected chi connectivity index (χ4v) is 6.67. The van der Waals surface area contributed by atoms with Crippen LogP contribution in [0, 0.1) is 0 Å². The van der Waals surface area contributed by atoms with E-state index in [4.69, 9.17) is 0 Å². The fourth-order valence-electron chi connectivity index (χ4n) is 5.51. The van der Waals surface area contributed by atoms with E-state index in [1.165, 1.54) is 53.6 Å². The topological polar surface area (TPSA) is 0 Å². The van der Waals surface area contributed by atoms with Crippen molar-refractivity contribution in [1.29, 1.82) is 0 Å². The van der Waals surface area contributed by atoms with Gasteiger partial charge in [0.1, 0.15) is 0 Å². The number of thiophene rings is 1. The van der Waals surface area contributed by atoms with Gasteiger partial charge >= 0.3 is 0 Å². The average Bonchev–Trinajstić information content (AvgIpc) is 3.16. The van der Waals surface area contributed by atoms with Gasteiger partial charge in [-0.1, -0.05) is 60.7 Å². The van der Waals surface area contributed by atoms with Crippen molar-refractivity contribution in [1.82, 2.24) is 0 Å². The molecule has 7 rings (SSSR count). The Kier molecular flexibility index (Phi) is 3.20. The molecule has 5 aromatic rings. The van der Waals surface area contributed by atoms with E-state index in [0.29, 0.717) is 0 Å². The smallest absolute Gasteiger partial charge is 0.0358 e. The largest absolute Gasteiger partial charge is 0.135 e. The molecule has 138 valence electrons. The van der Waals surface area contributed by atoms with E-state index in [9.17, 15) is 0 Å². The first-order valence-corrected chi connectivity index (χ1v) is 11.3. The van der Waals surface area contributed by atoms with Crippen LogP contribution in [0.4, 0.5) is 0 Å². The van der Waals surface area contributed by atoms with E-state index >= 15 is 0 Å². The van der Waals surface area contributed by atoms with Gasteiger partial charge in [0, 0.05) is 20.2 Å². The van der Waals surface area contributed by atoms with Crippen molar-refractivity contribution in [3.05, 3.63) is 117 Å². The SMILES string of the molecule is c1ccc2c(c1)Cc1ccc3sc4ccc5c(c4c3c1C2)Cc1ccccc1C5. The first kappa shape index (κ1) is 16.0. The molecule has 4 aromatic carbocycles. The van der Waals surface area contributed by atoms with Crippen LogP contribution in [0.25, 0.3) is 20.2 Å². The molecule has 2 aliphatic carbocycles. The van der Waals surface area contributed by atoms with E-state index in [1.807, 2.05) is 11.3 Å². The van der Waals surface area contributed by atoms with Gasteiger partial charge in [-0.05, 0) is 82.3 Å². The second-order valence-corrected chi connectivity index (χ2v) is 9.58. The minimum Gasteiger partial charge on any atom is -0.135 e. The Bertz CT molecular complexity index is 1340. The molecule has 0 nitrogen and oxygen atoms in total. The summed E-state index contributed by atoms with van der Waals surface area (Å²) in [6.07, 6.45) is 4.26. The lowest BCUT2D eigenvalue weighted by molar-refractivity contribution is 1.01. The molecule has 2 aliphatic rings. The maximum absolute atomic E-state index is 2.38. The molecule has 1 heteroatoms. The van der Waals surface area contributed by atoms with Gasteiger partial charge in [-0.2, -0.15) is 0 Å². The lowest BCUT2D eigenvalue weighted by Gasteiger charge is -2.23. The molecule has 0 amide bonds. The molecule has 0 radical (unpaired) electrons. The molecule has 0 saturated carbocycles. The highest BCUT2D eigenvalue weighted by molar-refractivity contribution is 7.25. The summed E-state index contributed by atoms with van der Waals surface area (Å²) in [5.41, 5.74) is 12.2. The molecule has 0 atom stereocenters. The van der Waals surface area contributed by atoms with Gasteiger partial charge in [-0.3, -0.25) is 0 Å². The van der Waals surface area contributed by atoms with Crippen molar-refractivity contribution >= 4 is 31.5 Å². The standard InChI is InChI=1S/C28H20S/c1-3-7-19-15-23-21(13-17(19)5-1)9-11-25-27(23)28-24-16-20-8-4-2-6-18(20)14-22(24)10-12-26(28)29-25/h1-12H,13-16H2. The van der Waals surface area contributed by atoms with Crippen LogP contribution < -0.4 is 0 Å². The molecular formula is C28H20S. The monoisotopic (exact) mass is 388 g/mol. The zero-order valence-corrected chi connectivity index (χ0v) is 17.0. The van der Waals surface area contributed by atoms with Gasteiger partial charge in [0.25, 0.3) is 0 Å². The predicted octanol–water partition coefficient (Wildman–Crippen LogP) is 7.04. The highest BCUT2D eigenvalue weighted by atomic mass is 32.1. The van der Waals surface area contributed by atoms with Crippen LogP contribution in [0.3, 0.4) is 0 Å². The summed E-state index contributed by atoms with van der Waals surface area (Å²) in [7, 11) is 0. The predicted molar refractivity (Wildman–Crippen MR) is 123 cm³/mol. The molecule has 0 unspecified atom stereocenters. The molecule has 0 spiro atoms. The van der Waals surface area contributed by atoms with Gasteiger partial charge < -0.3 is 0 Å². The van der Waals surface area contributed by atoms with E-state index in [2.05, 4.69) is 72.8 Å². The van der Waals surface area contributed by atoms with Gasteiger partial charge in [0.05, 0.1) is 0 Å². The number of benzene rings is 4. The quantitative estimate of drug-likeness (QED) is 0.261. The van der Waals surface area contributed by atoms with Gasteiger partial charge in [-0.25, -0.2) is 0 Å². The van der Waals surface area contributed by atoms with Crippen LogP contribution in [-0.4, -0.2) is 0 Å². The van der Waals surface area contributed by atoms with Crippen molar-refractivity contribution in [3.8, 4) is 0 Å². The number of fused-ring (bicyclic) bond motifs is 9. The molecule has 0 fully saturated rings. The Morgan fingerprint density at radius 3 is 1.28 bits per heavy atom. The first-order valence-electron chi connectivity index (χ1n) is 10.5. The van der Waals surface area contributed by atoms with E-state index < -0.39 is 0 Å². The third-order valence-electron chi connectivity index (χ3n) is 6.95. The maximum Gasteiger partial charge on any atom is 0.0358 e. The average molecular weight is 389 g/mol. The second kappa shape index (κ2) is 5.81.